The number of aryl methyl sites for hydroxylation is 4. The molecule has 0 aromatic heterocycles. The molecule has 6 aromatic rings. The van der Waals surface area contributed by atoms with E-state index in [2.05, 4.69) is 64.1 Å². The third-order valence-corrected chi connectivity index (χ3v) is 7.22. The van der Waals surface area contributed by atoms with E-state index in [9.17, 15) is 52.7 Å². The zero-order valence-corrected chi connectivity index (χ0v) is 38.3. The molecule has 6 rings (SSSR count). The normalized spacial score (nSPS) is 8.70. The molecule has 0 atom stereocenters. The molecule has 0 saturated heterocycles. The number of benzene rings is 6. The second-order valence-electron chi connectivity index (χ2n) is 11.8. The van der Waals surface area contributed by atoms with Crippen LogP contribution in [0.4, 0.5) is 52.7 Å². The van der Waals surface area contributed by atoms with Crippen LogP contribution in [0, 0.1) is 149 Å². The van der Waals surface area contributed by atoms with Crippen molar-refractivity contribution in [2.45, 2.75) is 92.5 Å². The van der Waals surface area contributed by atoms with Crippen molar-refractivity contribution in [1.82, 2.24) is 0 Å². The van der Waals surface area contributed by atoms with Gasteiger partial charge in [-0.2, -0.15) is 71.8 Å². The average molecular weight is 1050 g/mol. The van der Waals surface area contributed by atoms with Crippen molar-refractivity contribution in [2.75, 3.05) is 0 Å². The third kappa shape index (κ3) is 25.1. The Labute approximate surface area is 418 Å². The minimum atomic E-state index is -1.50. The topological polar surface area (TPSA) is 0 Å². The molecule has 346 valence electrons. The fourth-order valence-corrected chi connectivity index (χ4v) is 3.69. The van der Waals surface area contributed by atoms with Crippen molar-refractivity contribution in [3.63, 3.8) is 0 Å². The molecule has 0 nitrogen and oxygen atoms in total. The summed E-state index contributed by atoms with van der Waals surface area (Å²) in [5, 5.41) is 0. The predicted molar refractivity (Wildman–Crippen MR) is 225 cm³/mol. The number of hydrogen-bond donors (Lipinski definition) is 0. The molecule has 0 amide bonds. The molecular weight excluding hydrogens is 994 g/mol. The first kappa shape index (κ1) is 74.1. The maximum Gasteiger partial charge on any atom is 0.165 e. The summed E-state index contributed by atoms with van der Waals surface area (Å²) in [4.78, 5) is 0. The Morgan fingerprint density at radius 2 is 0.429 bits per heavy atom. The van der Waals surface area contributed by atoms with Gasteiger partial charge in [0, 0.05) is 123 Å². The van der Waals surface area contributed by atoms with Crippen molar-refractivity contribution in [1.29, 1.82) is 0 Å². The molecule has 6 aromatic carbocycles. The molecule has 0 aliphatic rings. The van der Waals surface area contributed by atoms with E-state index >= 15 is 0 Å². The monoisotopic (exact) mass is 1050 g/mol. The van der Waals surface area contributed by atoms with Gasteiger partial charge in [-0.05, 0) is 27.7 Å². The number of halogens is 12. The molecule has 2 radical (unpaired) electrons. The summed E-state index contributed by atoms with van der Waals surface area (Å²) >= 11 is 0. The van der Waals surface area contributed by atoms with E-state index in [0.29, 0.717) is 0 Å². The quantitative estimate of drug-likeness (QED) is 0.0808. The molecule has 0 bridgehead atoms. The molecule has 0 heterocycles. The van der Waals surface area contributed by atoms with Gasteiger partial charge in [0.15, 0.2) is 23.3 Å². The molecule has 63 heavy (non-hydrogen) atoms. The molecule has 0 unspecified atom stereocenters. The SMILES string of the molecule is C.C.C.C.C.Cc1c(F)c(F)[c-]c(F)c1F.Cc1c(F)c(F)[c-]c(F)c1F.Cc1c(F)c(F)c(C)c(F)c1F.Cc1cc[c-]cc1.Cc1cc[c-]cc1.Cc1ccc(C)cc1.[Y].[Y]. The standard InChI is InChI=1S/C8H6F4.C8H10.2C7H3F4.2C7H7.5CH4.2Y/c1-3-5(9)7(11)4(2)8(12)6(3)10;1-7-3-5-8(2)6-4-7;2*1-3-6(10)4(8)2-5(9)7(3)11;2*1-7-5-3-2-4-6-7;;;;;;;/h1-2H3;3-6H,1-2H3;2*1H3;2*3-6H,1H3;5*1H4;;/q;;4*-1;;;;;;;. The molecule has 14 heteroatoms. The van der Waals surface area contributed by atoms with Gasteiger partial charge in [0.2, 0.25) is 0 Å². The molecule has 0 aliphatic heterocycles. The van der Waals surface area contributed by atoms with Gasteiger partial charge in [0.25, 0.3) is 0 Å². The fourth-order valence-electron chi connectivity index (χ4n) is 3.69. The summed E-state index contributed by atoms with van der Waals surface area (Å²) in [5.74, 6) is -16.9. The Kier molecular flexibility index (Phi) is 43.5. The Morgan fingerprint density at radius 1 is 0.270 bits per heavy atom. The van der Waals surface area contributed by atoms with Gasteiger partial charge in [-0.15, -0.1) is 12.1 Å². The Morgan fingerprint density at radius 3 is 0.587 bits per heavy atom. The molecule has 0 saturated carbocycles. The van der Waals surface area contributed by atoms with E-state index in [1.165, 1.54) is 34.4 Å². The zero-order chi connectivity index (χ0) is 42.9. The summed E-state index contributed by atoms with van der Waals surface area (Å²) in [5.41, 5.74) is 2.65. The van der Waals surface area contributed by atoms with E-state index in [-0.39, 0.29) is 103 Å². The maximum absolute atomic E-state index is 12.7. The summed E-state index contributed by atoms with van der Waals surface area (Å²) in [7, 11) is 0. The van der Waals surface area contributed by atoms with Crippen LogP contribution in [0.25, 0.3) is 0 Å². The smallest absolute Gasteiger partial charge is 0.165 e. The van der Waals surface area contributed by atoms with Crippen LogP contribution < -0.4 is 0 Å². The Hall–Kier alpha value is -3.31. The van der Waals surface area contributed by atoms with Crippen molar-refractivity contribution >= 4 is 0 Å². The second kappa shape index (κ2) is 37.0. The first-order chi connectivity index (χ1) is 26.1. The van der Waals surface area contributed by atoms with Gasteiger partial charge in [0.05, 0.1) is 0 Å². The molecule has 0 aliphatic carbocycles. The molecule has 0 spiro atoms. The number of rotatable bonds is 0. The van der Waals surface area contributed by atoms with Crippen LogP contribution in [0.1, 0.15) is 81.6 Å². The van der Waals surface area contributed by atoms with Crippen LogP contribution in [0.5, 0.6) is 0 Å². The van der Waals surface area contributed by atoms with E-state index in [4.69, 9.17) is 0 Å². The van der Waals surface area contributed by atoms with E-state index in [1.54, 1.807) is 0 Å². The Balaban J connectivity index is -0.000000118. The molecule has 0 N–H and O–H groups in total. The molecule has 0 fully saturated rings. The Bertz CT molecular complexity index is 1870. The fraction of sp³-hybridized carbons (Fsp3) is 0.265. The van der Waals surface area contributed by atoms with Crippen LogP contribution in [0.15, 0.2) is 72.8 Å². The van der Waals surface area contributed by atoms with E-state index in [0.717, 1.165) is 27.7 Å². The van der Waals surface area contributed by atoms with Crippen LogP contribution in [0.3, 0.4) is 0 Å². The van der Waals surface area contributed by atoms with Crippen LogP contribution in [-0.2, 0) is 65.4 Å². The summed E-state index contributed by atoms with van der Waals surface area (Å²) in [6.45, 7) is 12.2. The van der Waals surface area contributed by atoms with Gasteiger partial charge < -0.3 is 0 Å². The largest absolute Gasteiger partial charge is 0.281 e. The summed E-state index contributed by atoms with van der Waals surface area (Å²) in [6.07, 6.45) is 0. The van der Waals surface area contributed by atoms with Crippen LogP contribution in [-0.4, -0.2) is 0 Å². The van der Waals surface area contributed by atoms with Gasteiger partial charge in [-0.25, -0.2) is 35.1 Å². The van der Waals surface area contributed by atoms with Gasteiger partial charge in [-0.3, -0.25) is 17.6 Å². The van der Waals surface area contributed by atoms with Crippen molar-refractivity contribution in [3.8, 4) is 0 Å². The third-order valence-electron chi connectivity index (χ3n) is 7.22. The molecular formula is C49H56F12Y2-4. The summed E-state index contributed by atoms with van der Waals surface area (Å²) in [6, 6.07) is 32.6. The van der Waals surface area contributed by atoms with Crippen LogP contribution in [0.2, 0.25) is 0 Å². The first-order valence-electron chi connectivity index (χ1n) is 16.2. The minimum absolute atomic E-state index is 0. The van der Waals surface area contributed by atoms with E-state index < -0.39 is 92.1 Å². The van der Waals surface area contributed by atoms with Crippen molar-refractivity contribution in [3.05, 3.63) is 211 Å². The summed E-state index contributed by atoms with van der Waals surface area (Å²) < 4.78 is 149. The van der Waals surface area contributed by atoms with Gasteiger partial charge in [-0.1, -0.05) is 111 Å². The second-order valence-corrected chi connectivity index (χ2v) is 11.8. The van der Waals surface area contributed by atoms with E-state index in [1.807, 2.05) is 48.5 Å². The average Bonchev–Trinajstić information content (AvgIpc) is 3.18. The maximum atomic E-state index is 12.7. The predicted octanol–water partition coefficient (Wildman–Crippen LogP) is 16.6. The van der Waals surface area contributed by atoms with Crippen LogP contribution >= 0.6 is 0 Å². The van der Waals surface area contributed by atoms with Gasteiger partial charge >= 0.3 is 0 Å². The zero-order valence-electron chi connectivity index (χ0n) is 32.6. The van der Waals surface area contributed by atoms with Crippen molar-refractivity contribution in [2.24, 2.45) is 0 Å². The van der Waals surface area contributed by atoms with Gasteiger partial charge in [0.1, 0.15) is 0 Å². The first-order valence-corrected chi connectivity index (χ1v) is 16.2. The van der Waals surface area contributed by atoms with Crippen molar-refractivity contribution < 1.29 is 118 Å². The minimum Gasteiger partial charge on any atom is -0.281 e. The number of hydrogen-bond acceptors (Lipinski definition) is 0.